The highest BCUT2D eigenvalue weighted by Crippen LogP contribution is 2.13. The van der Waals surface area contributed by atoms with Crippen LogP contribution in [0.15, 0.2) is 0 Å². The fourth-order valence-electron chi connectivity index (χ4n) is 1.81. The van der Waals surface area contributed by atoms with Crippen LogP contribution in [0.5, 0.6) is 0 Å². The Morgan fingerprint density at radius 2 is 1.28 bits per heavy atom. The molecule has 0 radical (unpaired) electrons. The highest BCUT2D eigenvalue weighted by Gasteiger charge is 2.19. The molecule has 0 aromatic carbocycles. The van der Waals surface area contributed by atoms with Crippen LogP contribution in [0.3, 0.4) is 0 Å². The lowest BCUT2D eigenvalue weighted by atomic mass is 10.1. The summed E-state index contributed by atoms with van der Waals surface area (Å²) < 4.78 is 9.49. The van der Waals surface area contributed by atoms with Gasteiger partial charge in [0.05, 0.1) is 13.2 Å². The van der Waals surface area contributed by atoms with E-state index >= 15 is 0 Å². The maximum atomic E-state index is 10.5. The van der Waals surface area contributed by atoms with E-state index in [1.54, 1.807) is 0 Å². The number of carbonyl (C=O) groups excluding carboxylic acids is 2. The van der Waals surface area contributed by atoms with Gasteiger partial charge in [0.1, 0.15) is 12.2 Å². The Labute approximate surface area is 106 Å². The third-order valence-electron chi connectivity index (χ3n) is 2.82. The van der Waals surface area contributed by atoms with E-state index in [1.165, 1.54) is 0 Å². The zero-order valence-electron chi connectivity index (χ0n) is 10.3. The summed E-state index contributed by atoms with van der Waals surface area (Å²) in [5.41, 5.74) is 0. The summed E-state index contributed by atoms with van der Waals surface area (Å²) in [6, 6.07) is 0. The molecule has 0 aromatic heterocycles. The van der Waals surface area contributed by atoms with Crippen molar-refractivity contribution >= 4 is 11.9 Å². The quantitative estimate of drug-likeness (QED) is 0.686. The summed E-state index contributed by atoms with van der Waals surface area (Å²) in [6.07, 6.45) is 3.88. The first-order chi connectivity index (χ1) is 8.65. The molecule has 2 atom stereocenters. The molecule has 2 saturated heterocycles. The van der Waals surface area contributed by atoms with E-state index in [0.29, 0.717) is 12.8 Å². The lowest BCUT2D eigenvalue weighted by Gasteiger charge is -2.19. The van der Waals surface area contributed by atoms with Gasteiger partial charge in [-0.1, -0.05) is 0 Å². The van der Waals surface area contributed by atoms with Crippen molar-refractivity contribution in [3.8, 4) is 0 Å². The highest BCUT2D eigenvalue weighted by atomic mass is 16.6. The van der Waals surface area contributed by atoms with Crippen molar-refractivity contribution in [2.45, 2.75) is 50.7 Å². The minimum absolute atomic E-state index is 0.0360. The van der Waals surface area contributed by atoms with E-state index in [9.17, 15) is 9.59 Å². The van der Waals surface area contributed by atoms with Crippen LogP contribution in [0.2, 0.25) is 0 Å². The molecule has 0 amide bonds. The first-order valence-corrected chi connectivity index (χ1v) is 6.26. The summed E-state index contributed by atoms with van der Waals surface area (Å²) in [5.74, 6) is -0.361. The number of ether oxygens (including phenoxy) is 2. The lowest BCUT2D eigenvalue weighted by Crippen LogP contribution is -2.26. The van der Waals surface area contributed by atoms with E-state index in [4.69, 9.17) is 19.7 Å². The largest absolute Gasteiger partial charge is 0.460 e. The minimum Gasteiger partial charge on any atom is -0.460 e. The third-order valence-corrected chi connectivity index (χ3v) is 2.82. The number of hydrogen-bond donors (Lipinski definition) is 2. The molecule has 2 unspecified atom stereocenters. The molecule has 104 valence electrons. The number of hydrogen-bond acceptors (Lipinski definition) is 6. The van der Waals surface area contributed by atoms with E-state index in [0.717, 1.165) is 25.7 Å². The van der Waals surface area contributed by atoms with Gasteiger partial charge in [-0.15, -0.1) is 0 Å². The van der Waals surface area contributed by atoms with E-state index < -0.39 is 0 Å². The Hall–Kier alpha value is -1.14. The van der Waals surface area contributed by atoms with Crippen LogP contribution in [-0.4, -0.2) is 47.6 Å². The maximum absolute atomic E-state index is 10.5. The zero-order valence-corrected chi connectivity index (χ0v) is 10.3. The topological polar surface area (TPSA) is 93.1 Å². The number of carbonyl (C=O) groups is 2. The van der Waals surface area contributed by atoms with Crippen LogP contribution in [0, 0.1) is 0 Å². The Kier molecular flexibility index (Phi) is 6.67. The molecule has 2 aliphatic heterocycles. The monoisotopic (exact) mass is 260 g/mol. The molecule has 18 heavy (non-hydrogen) atoms. The normalized spacial score (nSPS) is 27.7. The average molecular weight is 260 g/mol. The lowest BCUT2D eigenvalue weighted by molar-refractivity contribution is -0.156. The second kappa shape index (κ2) is 8.05. The van der Waals surface area contributed by atoms with Crippen molar-refractivity contribution in [2.24, 2.45) is 0 Å². The van der Waals surface area contributed by atoms with Crippen molar-refractivity contribution in [2.75, 3.05) is 13.2 Å². The highest BCUT2D eigenvalue weighted by molar-refractivity contribution is 5.70. The van der Waals surface area contributed by atoms with Gasteiger partial charge in [-0.25, -0.2) is 0 Å². The van der Waals surface area contributed by atoms with Gasteiger partial charge in [0.15, 0.2) is 0 Å². The Bertz CT molecular complexity index is 250. The van der Waals surface area contributed by atoms with E-state index in [-0.39, 0.29) is 37.4 Å². The summed E-state index contributed by atoms with van der Waals surface area (Å²) in [4.78, 5) is 21.0. The number of rotatable bonds is 2. The van der Waals surface area contributed by atoms with Crippen LogP contribution in [-0.2, 0) is 19.1 Å². The molecule has 0 bridgehead atoms. The third kappa shape index (κ3) is 5.46. The molecular weight excluding hydrogens is 240 g/mol. The van der Waals surface area contributed by atoms with Crippen molar-refractivity contribution in [1.29, 1.82) is 0 Å². The van der Waals surface area contributed by atoms with Crippen molar-refractivity contribution in [3.63, 3.8) is 0 Å². The van der Waals surface area contributed by atoms with E-state index in [2.05, 4.69) is 0 Å². The molecule has 6 nitrogen and oxygen atoms in total. The SMILES string of the molecule is O=C1CCCC(CO)O1.O=C1CCCC(CO)O1. The Morgan fingerprint density at radius 1 is 0.889 bits per heavy atom. The molecule has 2 heterocycles. The van der Waals surface area contributed by atoms with Crippen LogP contribution >= 0.6 is 0 Å². The summed E-state index contributed by atoms with van der Waals surface area (Å²) in [7, 11) is 0. The molecule has 2 fully saturated rings. The minimum atomic E-state index is -0.230. The first kappa shape index (κ1) is 14.9. The van der Waals surface area contributed by atoms with Crippen LogP contribution in [0.1, 0.15) is 38.5 Å². The predicted octanol–water partition coefficient (Wildman–Crippen LogP) is 0.149. The van der Waals surface area contributed by atoms with E-state index in [1.807, 2.05) is 0 Å². The molecule has 0 saturated carbocycles. The number of aliphatic hydroxyl groups is 2. The fraction of sp³-hybridized carbons (Fsp3) is 0.833. The molecule has 2 N–H and O–H groups in total. The van der Waals surface area contributed by atoms with Gasteiger partial charge in [0.25, 0.3) is 0 Å². The van der Waals surface area contributed by atoms with Gasteiger partial charge < -0.3 is 19.7 Å². The maximum Gasteiger partial charge on any atom is 0.306 e. The fourth-order valence-corrected chi connectivity index (χ4v) is 1.81. The molecule has 6 heteroatoms. The van der Waals surface area contributed by atoms with Gasteiger partial charge in [0, 0.05) is 12.8 Å². The summed E-state index contributed by atoms with van der Waals surface area (Å²) in [6.45, 7) is -0.0719. The van der Waals surface area contributed by atoms with Crippen molar-refractivity contribution in [1.82, 2.24) is 0 Å². The van der Waals surface area contributed by atoms with Crippen molar-refractivity contribution < 1.29 is 29.3 Å². The van der Waals surface area contributed by atoms with Gasteiger partial charge in [0.2, 0.25) is 0 Å². The molecule has 0 aromatic rings. The number of cyclic esters (lactones) is 2. The van der Waals surface area contributed by atoms with Gasteiger partial charge in [-0.2, -0.15) is 0 Å². The van der Waals surface area contributed by atoms with Gasteiger partial charge in [-0.05, 0) is 25.7 Å². The number of aliphatic hydroxyl groups excluding tert-OH is 2. The second-order valence-electron chi connectivity index (χ2n) is 4.37. The van der Waals surface area contributed by atoms with Crippen molar-refractivity contribution in [3.05, 3.63) is 0 Å². The number of esters is 2. The van der Waals surface area contributed by atoms with Crippen LogP contribution in [0.4, 0.5) is 0 Å². The molecular formula is C12H20O6. The summed E-state index contributed by atoms with van der Waals surface area (Å²) in [5, 5.41) is 17.1. The van der Waals surface area contributed by atoms with Crippen LogP contribution < -0.4 is 0 Å². The molecule has 2 rings (SSSR count). The second-order valence-corrected chi connectivity index (χ2v) is 4.37. The van der Waals surface area contributed by atoms with Gasteiger partial charge in [-0.3, -0.25) is 9.59 Å². The Balaban J connectivity index is 0.000000180. The average Bonchev–Trinajstić information content (AvgIpc) is 2.39. The summed E-state index contributed by atoms with van der Waals surface area (Å²) >= 11 is 0. The predicted molar refractivity (Wildman–Crippen MR) is 61.6 cm³/mol. The smallest absolute Gasteiger partial charge is 0.306 e. The van der Waals surface area contributed by atoms with Crippen LogP contribution in [0.25, 0.3) is 0 Å². The first-order valence-electron chi connectivity index (χ1n) is 6.26. The zero-order chi connectivity index (χ0) is 13.4. The standard InChI is InChI=1S/2C6H10O3/c2*7-4-5-2-1-3-6(8)9-5/h2*5,7H,1-4H2. The van der Waals surface area contributed by atoms with Gasteiger partial charge >= 0.3 is 11.9 Å². The molecule has 0 spiro atoms. The molecule has 2 aliphatic rings. The molecule has 0 aliphatic carbocycles. The Morgan fingerprint density at radius 3 is 1.50 bits per heavy atom.